The first kappa shape index (κ1) is 17.8. The lowest BCUT2D eigenvalue weighted by Crippen LogP contribution is -2.47. The predicted molar refractivity (Wildman–Crippen MR) is 92.2 cm³/mol. The number of hydrogen-bond acceptors (Lipinski definition) is 6. The molecule has 6 nitrogen and oxygen atoms in total. The molecule has 1 aromatic rings. The minimum atomic E-state index is 0.247. The fraction of sp³-hybridized carbons (Fsp3) is 0.647. The van der Waals surface area contributed by atoms with Gasteiger partial charge in [-0.1, -0.05) is 0 Å². The molecule has 0 atom stereocenters. The van der Waals surface area contributed by atoms with Gasteiger partial charge in [-0.3, -0.25) is 4.90 Å². The van der Waals surface area contributed by atoms with Crippen LogP contribution in [0.5, 0.6) is 11.5 Å². The molecule has 0 saturated carbocycles. The van der Waals surface area contributed by atoms with Gasteiger partial charge in [0.25, 0.3) is 0 Å². The Morgan fingerprint density at radius 1 is 1.04 bits per heavy atom. The van der Waals surface area contributed by atoms with Crippen molar-refractivity contribution in [3.05, 3.63) is 17.7 Å². The van der Waals surface area contributed by atoms with Crippen LogP contribution in [0.4, 0.5) is 5.69 Å². The Bertz CT molecular complexity index is 488. The van der Waals surface area contributed by atoms with Crippen LogP contribution < -0.4 is 15.2 Å². The molecule has 0 bridgehead atoms. The van der Waals surface area contributed by atoms with E-state index in [0.29, 0.717) is 11.4 Å². The third kappa shape index (κ3) is 4.99. The van der Waals surface area contributed by atoms with Crippen LogP contribution in [-0.4, -0.2) is 75.0 Å². The van der Waals surface area contributed by atoms with Crippen molar-refractivity contribution in [2.24, 2.45) is 0 Å². The van der Waals surface area contributed by atoms with Crippen molar-refractivity contribution in [1.82, 2.24) is 9.80 Å². The number of β-amino-alcohol motifs (C(OH)–C–C–N with tert-alkyl or cyclic N) is 1. The summed E-state index contributed by atoms with van der Waals surface area (Å²) >= 11 is 0. The molecule has 1 saturated heterocycles. The summed E-state index contributed by atoms with van der Waals surface area (Å²) in [6, 6.07) is 3.77. The van der Waals surface area contributed by atoms with Gasteiger partial charge in [-0.15, -0.1) is 0 Å². The Labute approximate surface area is 138 Å². The highest BCUT2D eigenvalue weighted by Gasteiger charge is 2.16. The zero-order chi connectivity index (χ0) is 16.7. The molecule has 1 aromatic carbocycles. The standard InChI is InChI=1S/C17H29N3O3/c1-22-16-13-15(18)12-14(17(16)23-2)4-3-5-19-6-8-20(9-7-19)10-11-21/h12-13,21H,3-11,18H2,1-2H3. The van der Waals surface area contributed by atoms with Crippen molar-refractivity contribution >= 4 is 5.69 Å². The van der Waals surface area contributed by atoms with E-state index in [1.54, 1.807) is 20.3 Å². The maximum Gasteiger partial charge on any atom is 0.164 e. The lowest BCUT2D eigenvalue weighted by molar-refractivity contribution is 0.112. The molecule has 3 N–H and O–H groups in total. The molecule has 6 heteroatoms. The van der Waals surface area contributed by atoms with Crippen LogP contribution in [0, 0.1) is 0 Å². The molecular weight excluding hydrogens is 294 g/mol. The third-order valence-corrected chi connectivity index (χ3v) is 4.38. The predicted octanol–water partition coefficient (Wildman–Crippen LogP) is 0.829. The van der Waals surface area contributed by atoms with E-state index in [-0.39, 0.29) is 6.61 Å². The van der Waals surface area contributed by atoms with E-state index >= 15 is 0 Å². The normalized spacial score (nSPS) is 16.5. The molecule has 1 aliphatic heterocycles. The quantitative estimate of drug-likeness (QED) is 0.691. The van der Waals surface area contributed by atoms with Crippen molar-refractivity contribution < 1.29 is 14.6 Å². The molecule has 0 unspecified atom stereocenters. The first-order valence-corrected chi connectivity index (χ1v) is 8.24. The van der Waals surface area contributed by atoms with Crippen LogP contribution in [0.15, 0.2) is 12.1 Å². The fourth-order valence-corrected chi connectivity index (χ4v) is 3.12. The number of aliphatic hydroxyl groups excluding tert-OH is 1. The van der Waals surface area contributed by atoms with E-state index in [4.69, 9.17) is 20.3 Å². The second-order valence-corrected chi connectivity index (χ2v) is 5.93. The Kier molecular flexibility index (Phi) is 6.95. The highest BCUT2D eigenvalue weighted by molar-refractivity contribution is 5.57. The van der Waals surface area contributed by atoms with Crippen molar-refractivity contribution in [2.75, 3.05) is 65.8 Å². The number of nitrogen functional groups attached to an aromatic ring is 1. The van der Waals surface area contributed by atoms with Gasteiger partial charge in [-0.25, -0.2) is 0 Å². The highest BCUT2D eigenvalue weighted by Crippen LogP contribution is 2.34. The first-order valence-electron chi connectivity index (χ1n) is 8.24. The van der Waals surface area contributed by atoms with Gasteiger partial charge in [0.05, 0.1) is 20.8 Å². The summed E-state index contributed by atoms with van der Waals surface area (Å²) in [5.74, 6) is 1.48. The molecule has 0 aromatic heterocycles. The average molecular weight is 323 g/mol. The summed E-state index contributed by atoms with van der Waals surface area (Å²) in [7, 11) is 3.30. The van der Waals surface area contributed by atoms with E-state index < -0.39 is 0 Å². The topological polar surface area (TPSA) is 71.2 Å². The van der Waals surface area contributed by atoms with Crippen molar-refractivity contribution in [3.63, 3.8) is 0 Å². The lowest BCUT2D eigenvalue weighted by Gasteiger charge is -2.34. The van der Waals surface area contributed by atoms with E-state index in [2.05, 4.69) is 9.80 Å². The van der Waals surface area contributed by atoms with E-state index in [9.17, 15) is 0 Å². The van der Waals surface area contributed by atoms with Gasteiger partial charge in [-0.05, 0) is 25.5 Å². The van der Waals surface area contributed by atoms with Crippen molar-refractivity contribution in [1.29, 1.82) is 0 Å². The maximum atomic E-state index is 8.98. The summed E-state index contributed by atoms with van der Waals surface area (Å²) in [4.78, 5) is 4.78. The number of nitrogens with two attached hydrogens (primary N) is 1. The number of ether oxygens (including phenoxy) is 2. The molecule has 23 heavy (non-hydrogen) atoms. The Morgan fingerprint density at radius 2 is 1.70 bits per heavy atom. The summed E-state index contributed by atoms with van der Waals surface area (Å²) in [6.45, 7) is 6.30. The number of hydrogen-bond donors (Lipinski definition) is 2. The summed E-state index contributed by atoms with van der Waals surface area (Å²) < 4.78 is 10.8. The van der Waals surface area contributed by atoms with Crippen LogP contribution in [-0.2, 0) is 6.42 Å². The highest BCUT2D eigenvalue weighted by atomic mass is 16.5. The maximum absolute atomic E-state index is 8.98. The second-order valence-electron chi connectivity index (χ2n) is 5.93. The number of aryl methyl sites for hydroxylation is 1. The molecule has 1 aliphatic rings. The van der Waals surface area contributed by atoms with Crippen LogP contribution >= 0.6 is 0 Å². The lowest BCUT2D eigenvalue weighted by atomic mass is 10.1. The van der Waals surface area contributed by atoms with Crippen LogP contribution in [0.1, 0.15) is 12.0 Å². The molecule has 1 heterocycles. The number of methoxy groups -OCH3 is 2. The smallest absolute Gasteiger partial charge is 0.164 e. The minimum absolute atomic E-state index is 0.247. The molecule has 130 valence electrons. The van der Waals surface area contributed by atoms with Gasteiger partial charge in [-0.2, -0.15) is 0 Å². The molecular formula is C17H29N3O3. The number of rotatable bonds is 8. The van der Waals surface area contributed by atoms with Gasteiger partial charge in [0.2, 0.25) is 0 Å². The summed E-state index contributed by atoms with van der Waals surface area (Å²) in [5.41, 5.74) is 7.75. The van der Waals surface area contributed by atoms with Gasteiger partial charge in [0, 0.05) is 50.0 Å². The van der Waals surface area contributed by atoms with Gasteiger partial charge < -0.3 is 25.2 Å². The zero-order valence-corrected chi connectivity index (χ0v) is 14.3. The van der Waals surface area contributed by atoms with Crippen molar-refractivity contribution in [2.45, 2.75) is 12.8 Å². The monoisotopic (exact) mass is 323 g/mol. The number of benzene rings is 1. The Morgan fingerprint density at radius 3 is 2.26 bits per heavy atom. The first-order chi connectivity index (χ1) is 11.2. The zero-order valence-electron chi connectivity index (χ0n) is 14.3. The number of aliphatic hydroxyl groups is 1. The Hall–Kier alpha value is -1.50. The summed E-state index contributed by atoms with van der Waals surface area (Å²) in [6.07, 6.45) is 1.98. The third-order valence-electron chi connectivity index (χ3n) is 4.38. The molecule has 0 aliphatic carbocycles. The van der Waals surface area contributed by atoms with Crippen LogP contribution in [0.2, 0.25) is 0 Å². The largest absolute Gasteiger partial charge is 0.493 e. The molecule has 0 amide bonds. The van der Waals surface area contributed by atoms with Gasteiger partial charge in [0.15, 0.2) is 11.5 Å². The second kappa shape index (κ2) is 8.96. The number of anilines is 1. The molecule has 0 spiro atoms. The van der Waals surface area contributed by atoms with Gasteiger partial charge in [0.1, 0.15) is 0 Å². The van der Waals surface area contributed by atoms with E-state index in [1.165, 1.54) is 0 Å². The fourth-order valence-electron chi connectivity index (χ4n) is 3.12. The van der Waals surface area contributed by atoms with Crippen LogP contribution in [0.25, 0.3) is 0 Å². The van der Waals surface area contributed by atoms with E-state index in [0.717, 1.165) is 63.4 Å². The van der Waals surface area contributed by atoms with Crippen LogP contribution in [0.3, 0.4) is 0 Å². The molecule has 1 fully saturated rings. The summed E-state index contributed by atoms with van der Waals surface area (Å²) in [5, 5.41) is 8.98. The van der Waals surface area contributed by atoms with Gasteiger partial charge >= 0.3 is 0 Å². The van der Waals surface area contributed by atoms with E-state index in [1.807, 2.05) is 6.07 Å². The number of piperazine rings is 1. The average Bonchev–Trinajstić information content (AvgIpc) is 2.56. The molecule has 0 radical (unpaired) electrons. The molecule has 2 rings (SSSR count). The minimum Gasteiger partial charge on any atom is -0.493 e. The Balaban J connectivity index is 1.84. The number of nitrogens with zero attached hydrogens (tertiary/aromatic N) is 2. The SMILES string of the molecule is COc1cc(N)cc(CCCN2CCN(CCO)CC2)c1OC. The van der Waals surface area contributed by atoms with Crippen molar-refractivity contribution in [3.8, 4) is 11.5 Å².